The van der Waals surface area contributed by atoms with E-state index in [0.717, 1.165) is 8.88 Å². The highest BCUT2D eigenvalue weighted by molar-refractivity contribution is 8.37. The van der Waals surface area contributed by atoms with Crippen molar-refractivity contribution in [1.82, 2.24) is 0 Å². The van der Waals surface area contributed by atoms with Crippen molar-refractivity contribution in [3.8, 4) is 24.7 Å². The van der Waals surface area contributed by atoms with Crippen molar-refractivity contribution in [1.29, 1.82) is 0 Å². The molecule has 234 valence electrons. The van der Waals surface area contributed by atoms with Gasteiger partial charge >= 0.3 is 0 Å². The van der Waals surface area contributed by atoms with Crippen molar-refractivity contribution in [2.45, 2.75) is 107 Å². The maximum atomic E-state index is 9.70. The zero-order valence-electron chi connectivity index (χ0n) is 23.4. The van der Waals surface area contributed by atoms with Gasteiger partial charge in [-0.1, -0.05) is 11.8 Å². The van der Waals surface area contributed by atoms with Gasteiger partial charge in [-0.2, -0.15) is 0 Å². The van der Waals surface area contributed by atoms with E-state index in [2.05, 4.69) is 56.6 Å². The molecule has 3 N–H and O–H groups in total. The van der Waals surface area contributed by atoms with E-state index in [0.29, 0.717) is 6.61 Å². The first-order chi connectivity index (χ1) is 19.3. The smallest absolute Gasteiger partial charge is 0.190 e. The van der Waals surface area contributed by atoms with Crippen molar-refractivity contribution >= 4 is 53.6 Å². The van der Waals surface area contributed by atoms with Crippen molar-refractivity contribution in [2.75, 3.05) is 26.4 Å². The van der Waals surface area contributed by atoms with Gasteiger partial charge in [-0.05, 0) is 34.6 Å². The first kappa shape index (κ1) is 38.8. The first-order valence-electron chi connectivity index (χ1n) is 12.5. The molecule has 0 bridgehead atoms. The molecule has 4 fully saturated rings. The van der Waals surface area contributed by atoms with Crippen LogP contribution in [0.25, 0.3) is 0 Å². The molecule has 0 aliphatic carbocycles. The van der Waals surface area contributed by atoms with Gasteiger partial charge in [0.2, 0.25) is 0 Å². The van der Waals surface area contributed by atoms with Crippen LogP contribution in [-0.4, -0.2) is 115 Å². The van der Waals surface area contributed by atoms with E-state index in [9.17, 15) is 10.2 Å². The van der Waals surface area contributed by atoms with Crippen LogP contribution in [0.15, 0.2) is 0 Å². The normalized spacial score (nSPS) is 37.8. The number of aliphatic hydroxyl groups excluding tert-OH is 3. The standard InChI is InChI=1S/C15H22O6.C10H16O5.S3.S2/c1-6-7-16-11-10(9-8-17-14(2,3)19-9)18-13-12(11)20-15(4,5)21-13;1-3-4-14-10-8(12)6(2)15-7(5-11)9(10)13;1-3-2;1-2/h1,9-13H,7-8H2,2-5H3;1,6-13H,4-5H2,2H3;;/t9-,10-,11+,12+,13-;;;/m1.../s1. The Kier molecular flexibility index (Phi) is 17.6. The van der Waals surface area contributed by atoms with Crippen LogP contribution in [0.1, 0.15) is 34.6 Å². The van der Waals surface area contributed by atoms with Gasteiger partial charge in [0.15, 0.2) is 17.9 Å². The number of hydrogen-bond donors (Lipinski definition) is 3. The number of aliphatic hydroxyl groups is 3. The predicted molar refractivity (Wildman–Crippen MR) is 161 cm³/mol. The van der Waals surface area contributed by atoms with Crippen LogP contribution in [0, 0.1) is 24.7 Å². The molecule has 0 aromatic rings. The van der Waals surface area contributed by atoms with Crippen LogP contribution in [0.2, 0.25) is 0 Å². The van der Waals surface area contributed by atoms with Crippen LogP contribution >= 0.6 is 0 Å². The lowest BCUT2D eigenvalue weighted by Gasteiger charge is -2.40. The number of terminal acetylenes is 2. The molecule has 0 spiro atoms. The topological polar surface area (TPSA) is 135 Å². The third-order valence-electron chi connectivity index (χ3n) is 6.25. The lowest BCUT2D eigenvalue weighted by atomic mass is 9.96. The van der Waals surface area contributed by atoms with Crippen LogP contribution in [0.3, 0.4) is 0 Å². The lowest BCUT2D eigenvalue weighted by Crippen LogP contribution is -2.58. The lowest BCUT2D eigenvalue weighted by molar-refractivity contribution is -0.235. The molecular formula is C25H38O11S5. The Balaban J connectivity index is 0.000000370. The summed E-state index contributed by atoms with van der Waals surface area (Å²) >= 11 is 15.6. The molecule has 41 heavy (non-hydrogen) atoms. The van der Waals surface area contributed by atoms with E-state index < -0.39 is 48.4 Å². The number of hydrogen-bond acceptors (Lipinski definition) is 15. The quantitative estimate of drug-likeness (QED) is 0.313. The molecular weight excluding hydrogens is 637 g/mol. The molecule has 4 rings (SSSR count). The highest BCUT2D eigenvalue weighted by Crippen LogP contribution is 2.41. The Bertz CT molecular complexity index is 921. The molecule has 4 aliphatic heterocycles. The molecule has 4 heterocycles. The summed E-state index contributed by atoms with van der Waals surface area (Å²) in [7, 11) is 0.917. The molecule has 4 aliphatic rings. The Hall–Kier alpha value is -0.220. The molecule has 5 unspecified atom stereocenters. The van der Waals surface area contributed by atoms with Gasteiger partial charge in [0.25, 0.3) is 0 Å². The SMILES string of the molecule is C#CCOC1C(O)C(C)OC(CO)C1O.C#CCO[C@@H]1[C@@H]2OC(C)(C)O[C@H]2O[C@@H]1[C@H]1COC(C)(C)O1.S=S.S=S=S. The number of fused-ring (bicyclic) bond motifs is 1. The summed E-state index contributed by atoms with van der Waals surface area (Å²) in [5.74, 6) is 3.42. The monoisotopic (exact) mass is 674 g/mol. The second-order valence-electron chi connectivity index (χ2n) is 10.0. The fourth-order valence-corrected chi connectivity index (χ4v) is 4.62. The van der Waals surface area contributed by atoms with Gasteiger partial charge in [0.1, 0.15) is 62.0 Å². The summed E-state index contributed by atoms with van der Waals surface area (Å²) < 4.78 is 45.1. The minimum Gasteiger partial charge on any atom is -0.394 e. The average Bonchev–Trinajstić information content (AvgIpc) is 3.55. The fourth-order valence-electron chi connectivity index (χ4n) is 4.62. The van der Waals surface area contributed by atoms with Crippen LogP contribution in [-0.2, 0) is 91.5 Å². The predicted octanol–water partition coefficient (Wildman–Crippen LogP) is -0.473. The molecule has 11 nitrogen and oxygen atoms in total. The van der Waals surface area contributed by atoms with Crippen molar-refractivity contribution in [3.63, 3.8) is 0 Å². The molecule has 0 saturated carbocycles. The van der Waals surface area contributed by atoms with Gasteiger partial charge in [-0.3, -0.25) is 0 Å². The van der Waals surface area contributed by atoms with Gasteiger partial charge in [-0.25, -0.2) is 0 Å². The molecule has 10 atom stereocenters. The molecule has 0 radical (unpaired) electrons. The van der Waals surface area contributed by atoms with Gasteiger partial charge < -0.3 is 53.2 Å². The molecule has 16 heteroatoms. The van der Waals surface area contributed by atoms with E-state index in [1.807, 2.05) is 27.7 Å². The maximum Gasteiger partial charge on any atom is 0.190 e. The van der Waals surface area contributed by atoms with E-state index in [4.69, 9.17) is 55.8 Å². The van der Waals surface area contributed by atoms with Gasteiger partial charge in [0, 0.05) is 53.6 Å². The second kappa shape index (κ2) is 18.6. The number of ether oxygens (including phenoxy) is 8. The van der Waals surface area contributed by atoms with E-state index in [-0.39, 0.29) is 44.2 Å². The Morgan fingerprint density at radius 1 is 0.878 bits per heavy atom. The fraction of sp³-hybridized carbons (Fsp3) is 0.840. The number of rotatable bonds is 6. The van der Waals surface area contributed by atoms with Gasteiger partial charge in [-0.15, -0.1) is 12.8 Å². The molecule has 0 aromatic heterocycles. The minimum absolute atomic E-state index is 0.00363. The van der Waals surface area contributed by atoms with Gasteiger partial charge in [0.05, 0.1) is 19.3 Å². The third-order valence-corrected chi connectivity index (χ3v) is 6.25. The zero-order chi connectivity index (χ0) is 31.4. The first-order valence-corrected chi connectivity index (χ1v) is 16.5. The summed E-state index contributed by atoms with van der Waals surface area (Å²) in [6.07, 6.45) is 4.54. The Morgan fingerprint density at radius 2 is 1.44 bits per heavy atom. The maximum absolute atomic E-state index is 9.70. The van der Waals surface area contributed by atoms with E-state index in [1.165, 1.54) is 0 Å². The van der Waals surface area contributed by atoms with E-state index >= 15 is 0 Å². The minimum atomic E-state index is -1.07. The summed E-state index contributed by atoms with van der Waals surface area (Å²) in [5, 5.41) is 28.3. The average molecular weight is 675 g/mol. The van der Waals surface area contributed by atoms with Crippen molar-refractivity contribution in [3.05, 3.63) is 0 Å². The largest absolute Gasteiger partial charge is 0.394 e. The van der Waals surface area contributed by atoms with Crippen LogP contribution < -0.4 is 0 Å². The molecule has 4 saturated heterocycles. The second-order valence-corrected chi connectivity index (χ2v) is 11.8. The Morgan fingerprint density at radius 3 is 1.93 bits per heavy atom. The summed E-state index contributed by atoms with van der Waals surface area (Å²) in [4.78, 5) is 0. The third kappa shape index (κ3) is 11.3. The summed E-state index contributed by atoms with van der Waals surface area (Å²) in [6.45, 7) is 9.39. The Labute approximate surface area is 264 Å². The van der Waals surface area contributed by atoms with Crippen LogP contribution in [0.5, 0.6) is 0 Å². The molecule has 0 aromatic carbocycles. The van der Waals surface area contributed by atoms with E-state index in [1.54, 1.807) is 6.92 Å². The highest BCUT2D eigenvalue weighted by atomic mass is 33.1. The summed E-state index contributed by atoms with van der Waals surface area (Å²) in [6, 6.07) is 0. The summed E-state index contributed by atoms with van der Waals surface area (Å²) in [5.41, 5.74) is 0. The highest BCUT2D eigenvalue weighted by Gasteiger charge is 2.58. The van der Waals surface area contributed by atoms with Crippen molar-refractivity contribution < 1.29 is 53.2 Å². The van der Waals surface area contributed by atoms with Crippen LogP contribution in [0.4, 0.5) is 0 Å². The zero-order valence-corrected chi connectivity index (χ0v) is 27.5. The van der Waals surface area contributed by atoms with Crippen molar-refractivity contribution in [2.24, 2.45) is 0 Å². The molecule has 0 amide bonds.